The number of likely N-dealkylation sites (N-methyl/N-ethyl adjacent to an activating group) is 1. The van der Waals surface area contributed by atoms with Gasteiger partial charge in [-0.1, -0.05) is 18.2 Å². The van der Waals surface area contributed by atoms with Gasteiger partial charge in [-0.05, 0) is 36.8 Å². The van der Waals surface area contributed by atoms with Crippen LogP contribution in [0.1, 0.15) is 11.4 Å². The molecule has 0 aliphatic heterocycles. The predicted octanol–water partition coefficient (Wildman–Crippen LogP) is 3.13. The molecule has 0 amide bonds. The van der Waals surface area contributed by atoms with Gasteiger partial charge in [-0.3, -0.25) is 0 Å². The average Bonchev–Trinajstić information content (AvgIpc) is 2.87. The third-order valence-electron chi connectivity index (χ3n) is 3.77. The number of aryl methyl sites for hydroxylation is 1. The van der Waals surface area contributed by atoms with Crippen molar-refractivity contribution in [3.05, 3.63) is 53.9 Å². The summed E-state index contributed by atoms with van der Waals surface area (Å²) in [4.78, 5) is 10.2. The Balaban J connectivity index is 1.73. The lowest BCUT2D eigenvalue weighted by Crippen LogP contribution is -2.21. The highest BCUT2D eigenvalue weighted by molar-refractivity contribution is 5.78. The van der Waals surface area contributed by atoms with Gasteiger partial charge in [0.05, 0.1) is 11.0 Å². The van der Waals surface area contributed by atoms with Crippen LogP contribution in [0.3, 0.4) is 0 Å². The molecule has 21 heavy (non-hydrogen) atoms. The highest BCUT2D eigenvalue weighted by atomic mass is 15.1. The zero-order valence-corrected chi connectivity index (χ0v) is 12.4. The molecule has 0 spiro atoms. The van der Waals surface area contributed by atoms with E-state index in [0.29, 0.717) is 0 Å². The van der Waals surface area contributed by atoms with Crippen molar-refractivity contribution in [3.8, 4) is 0 Å². The van der Waals surface area contributed by atoms with Crippen LogP contribution in [0, 0.1) is 6.92 Å². The third kappa shape index (κ3) is 2.84. The number of benzene rings is 2. The van der Waals surface area contributed by atoms with Gasteiger partial charge in [-0.15, -0.1) is 0 Å². The summed E-state index contributed by atoms with van der Waals surface area (Å²) in [6, 6.07) is 14.2. The lowest BCUT2D eigenvalue weighted by atomic mass is 10.2. The van der Waals surface area contributed by atoms with Crippen LogP contribution in [0.4, 0.5) is 11.4 Å². The lowest BCUT2D eigenvalue weighted by Gasteiger charge is -2.20. The molecule has 2 aromatic carbocycles. The molecule has 0 radical (unpaired) electrons. The summed E-state index contributed by atoms with van der Waals surface area (Å²) in [5, 5.41) is 0. The van der Waals surface area contributed by atoms with Crippen LogP contribution in [0.25, 0.3) is 11.0 Å². The van der Waals surface area contributed by atoms with Crippen molar-refractivity contribution in [2.45, 2.75) is 13.3 Å². The Labute approximate surface area is 124 Å². The Morgan fingerprint density at radius 3 is 2.81 bits per heavy atom. The standard InChI is InChI=1S/C17H20N4/c1-12-5-3-4-6-16(12)21(2)10-9-17-19-14-8-7-13(18)11-15(14)20-17/h3-8,11H,9-10,18H2,1-2H3,(H,19,20). The fraction of sp³-hybridized carbons (Fsp3) is 0.235. The number of aromatic nitrogens is 2. The summed E-state index contributed by atoms with van der Waals surface area (Å²) in [7, 11) is 2.11. The Morgan fingerprint density at radius 1 is 1.19 bits per heavy atom. The molecule has 3 rings (SSSR count). The Morgan fingerprint density at radius 2 is 2.00 bits per heavy atom. The molecule has 1 heterocycles. The molecule has 4 nitrogen and oxygen atoms in total. The first-order chi connectivity index (χ1) is 10.1. The first-order valence-electron chi connectivity index (χ1n) is 7.14. The van der Waals surface area contributed by atoms with Crippen LogP contribution in [0.15, 0.2) is 42.5 Å². The molecular weight excluding hydrogens is 260 g/mol. The number of fused-ring (bicyclic) bond motifs is 1. The highest BCUT2D eigenvalue weighted by Gasteiger charge is 2.07. The van der Waals surface area contributed by atoms with E-state index in [1.807, 2.05) is 18.2 Å². The molecule has 3 aromatic rings. The van der Waals surface area contributed by atoms with Crippen LogP contribution < -0.4 is 10.6 Å². The van der Waals surface area contributed by atoms with Crippen molar-refractivity contribution in [1.29, 1.82) is 0 Å². The van der Waals surface area contributed by atoms with Crippen molar-refractivity contribution in [1.82, 2.24) is 9.97 Å². The van der Waals surface area contributed by atoms with Crippen molar-refractivity contribution in [2.24, 2.45) is 0 Å². The summed E-state index contributed by atoms with van der Waals surface area (Å²) in [5.74, 6) is 0.996. The normalized spacial score (nSPS) is 11.0. The SMILES string of the molecule is Cc1ccccc1N(C)CCc1nc2ccc(N)cc2[nH]1. The number of nitrogens with two attached hydrogens (primary N) is 1. The Bertz CT molecular complexity index is 760. The van der Waals surface area contributed by atoms with E-state index in [1.54, 1.807) is 0 Å². The van der Waals surface area contributed by atoms with Gasteiger partial charge in [0.2, 0.25) is 0 Å². The number of nitrogens with zero attached hydrogens (tertiary/aromatic N) is 2. The maximum absolute atomic E-state index is 5.79. The van der Waals surface area contributed by atoms with Crippen molar-refractivity contribution >= 4 is 22.4 Å². The summed E-state index contributed by atoms with van der Waals surface area (Å²) in [5.41, 5.74) is 11.1. The van der Waals surface area contributed by atoms with Gasteiger partial charge >= 0.3 is 0 Å². The molecule has 0 atom stereocenters. The number of imidazole rings is 1. The van der Waals surface area contributed by atoms with Gasteiger partial charge in [-0.25, -0.2) is 4.98 Å². The van der Waals surface area contributed by atoms with Crippen molar-refractivity contribution in [3.63, 3.8) is 0 Å². The molecule has 1 aromatic heterocycles. The molecule has 0 fully saturated rings. The molecule has 108 valence electrons. The number of hydrogen-bond donors (Lipinski definition) is 2. The monoisotopic (exact) mass is 280 g/mol. The zero-order chi connectivity index (χ0) is 14.8. The van der Waals surface area contributed by atoms with Gasteiger partial charge in [0, 0.05) is 31.4 Å². The molecule has 0 aliphatic carbocycles. The first-order valence-corrected chi connectivity index (χ1v) is 7.14. The van der Waals surface area contributed by atoms with E-state index >= 15 is 0 Å². The largest absolute Gasteiger partial charge is 0.399 e. The molecule has 0 unspecified atom stereocenters. The van der Waals surface area contributed by atoms with E-state index in [1.165, 1.54) is 11.3 Å². The lowest BCUT2D eigenvalue weighted by molar-refractivity contribution is 0.835. The van der Waals surface area contributed by atoms with Gasteiger partial charge in [0.15, 0.2) is 0 Å². The van der Waals surface area contributed by atoms with Crippen LogP contribution >= 0.6 is 0 Å². The van der Waals surface area contributed by atoms with Crippen LogP contribution in [-0.2, 0) is 6.42 Å². The van der Waals surface area contributed by atoms with Gasteiger partial charge in [0.1, 0.15) is 5.82 Å². The summed E-state index contributed by atoms with van der Waals surface area (Å²) in [6.45, 7) is 3.05. The van der Waals surface area contributed by atoms with Gasteiger partial charge in [0.25, 0.3) is 0 Å². The number of hydrogen-bond acceptors (Lipinski definition) is 3. The van der Waals surface area contributed by atoms with E-state index in [2.05, 4.69) is 53.1 Å². The predicted molar refractivity (Wildman–Crippen MR) is 88.7 cm³/mol. The number of anilines is 2. The third-order valence-corrected chi connectivity index (χ3v) is 3.77. The second-order valence-electron chi connectivity index (χ2n) is 5.42. The second-order valence-corrected chi connectivity index (χ2v) is 5.42. The molecular formula is C17H20N4. The summed E-state index contributed by atoms with van der Waals surface area (Å²) in [6.07, 6.45) is 0.874. The molecule has 4 heteroatoms. The van der Waals surface area contributed by atoms with Crippen molar-refractivity contribution in [2.75, 3.05) is 24.2 Å². The van der Waals surface area contributed by atoms with E-state index < -0.39 is 0 Å². The molecule has 3 N–H and O–H groups in total. The molecule has 0 saturated heterocycles. The van der Waals surface area contributed by atoms with Crippen LogP contribution in [-0.4, -0.2) is 23.6 Å². The maximum atomic E-state index is 5.79. The van der Waals surface area contributed by atoms with E-state index in [4.69, 9.17) is 5.73 Å². The number of aromatic amines is 1. The van der Waals surface area contributed by atoms with Gasteiger partial charge in [-0.2, -0.15) is 0 Å². The average molecular weight is 280 g/mol. The minimum absolute atomic E-state index is 0.759. The Kier molecular flexibility index (Phi) is 3.52. The number of H-pyrrole nitrogens is 1. The molecule has 0 aliphatic rings. The fourth-order valence-corrected chi connectivity index (χ4v) is 2.58. The molecule has 0 saturated carbocycles. The smallest absolute Gasteiger partial charge is 0.109 e. The second kappa shape index (κ2) is 5.48. The topological polar surface area (TPSA) is 57.9 Å². The van der Waals surface area contributed by atoms with Crippen LogP contribution in [0.5, 0.6) is 0 Å². The van der Waals surface area contributed by atoms with Crippen LogP contribution in [0.2, 0.25) is 0 Å². The number of nitrogen functional groups attached to an aromatic ring is 1. The van der Waals surface area contributed by atoms with Crippen molar-refractivity contribution < 1.29 is 0 Å². The summed E-state index contributed by atoms with van der Waals surface area (Å²) >= 11 is 0. The zero-order valence-electron chi connectivity index (χ0n) is 12.4. The van der Waals surface area contributed by atoms with E-state index in [0.717, 1.165) is 35.5 Å². The highest BCUT2D eigenvalue weighted by Crippen LogP contribution is 2.19. The summed E-state index contributed by atoms with van der Waals surface area (Å²) < 4.78 is 0. The minimum Gasteiger partial charge on any atom is -0.399 e. The number of rotatable bonds is 4. The Hall–Kier alpha value is -2.49. The number of para-hydroxylation sites is 1. The quantitative estimate of drug-likeness (QED) is 0.722. The molecule has 0 bridgehead atoms. The maximum Gasteiger partial charge on any atom is 0.109 e. The van der Waals surface area contributed by atoms with Gasteiger partial charge < -0.3 is 15.6 Å². The van der Waals surface area contributed by atoms with E-state index in [-0.39, 0.29) is 0 Å². The fourth-order valence-electron chi connectivity index (χ4n) is 2.58. The van der Waals surface area contributed by atoms with E-state index in [9.17, 15) is 0 Å². The number of nitrogens with one attached hydrogen (secondary N) is 1. The minimum atomic E-state index is 0.759. The first kappa shape index (κ1) is 13.5.